The van der Waals surface area contributed by atoms with Crippen molar-refractivity contribution >= 4 is 17.7 Å². The van der Waals surface area contributed by atoms with Crippen molar-refractivity contribution < 1.29 is 23.9 Å². The molecule has 0 N–H and O–H groups in total. The molecule has 2 aliphatic rings. The van der Waals surface area contributed by atoms with Crippen LogP contribution in [0.25, 0.3) is 0 Å². The van der Waals surface area contributed by atoms with Crippen molar-refractivity contribution in [3.8, 4) is 0 Å². The fourth-order valence-corrected chi connectivity index (χ4v) is 5.06. The Bertz CT molecular complexity index is 763. The first-order valence-corrected chi connectivity index (χ1v) is 9.28. The third-order valence-electron chi connectivity index (χ3n) is 6.10. The summed E-state index contributed by atoms with van der Waals surface area (Å²) < 4.78 is 10.7. The van der Waals surface area contributed by atoms with Crippen molar-refractivity contribution in [2.45, 2.75) is 53.1 Å². The zero-order valence-electron chi connectivity index (χ0n) is 16.0. The third kappa shape index (κ3) is 2.06. The Morgan fingerprint density at radius 2 is 1.73 bits per heavy atom. The second-order valence-electron chi connectivity index (χ2n) is 7.66. The van der Waals surface area contributed by atoms with E-state index in [1.54, 1.807) is 32.9 Å². The largest absolute Gasteiger partial charge is 0.465 e. The predicted octanol–water partition coefficient (Wildman–Crippen LogP) is 3.34. The lowest BCUT2D eigenvalue weighted by Crippen LogP contribution is -2.40. The summed E-state index contributed by atoms with van der Waals surface area (Å²) in [5.74, 6) is -1.96. The standard InChI is InChI=1S/C21H26O5/c1-6-13-9-11-14(12-10-13)15(22)20(7-2)16-19(4,5)26-18(24)21(16,20)17(23)25-8-3/h9-12,16H,6-8H2,1-5H3. The van der Waals surface area contributed by atoms with E-state index in [2.05, 4.69) is 0 Å². The molecule has 1 aromatic carbocycles. The van der Waals surface area contributed by atoms with Crippen LogP contribution >= 0.6 is 0 Å². The molecule has 1 saturated carbocycles. The lowest BCUT2D eigenvalue weighted by atomic mass is 9.81. The Labute approximate surface area is 154 Å². The fraction of sp³-hybridized carbons (Fsp3) is 0.571. The maximum absolute atomic E-state index is 13.5. The molecule has 0 amide bonds. The van der Waals surface area contributed by atoms with E-state index in [9.17, 15) is 14.4 Å². The molecule has 26 heavy (non-hydrogen) atoms. The van der Waals surface area contributed by atoms with Gasteiger partial charge in [-0.05, 0) is 39.2 Å². The van der Waals surface area contributed by atoms with Crippen LogP contribution in [0.3, 0.4) is 0 Å². The number of benzene rings is 1. The number of ketones is 1. The van der Waals surface area contributed by atoms with Crippen LogP contribution in [0.1, 0.15) is 57.0 Å². The molecule has 0 bridgehead atoms. The van der Waals surface area contributed by atoms with Gasteiger partial charge in [-0.3, -0.25) is 14.4 Å². The van der Waals surface area contributed by atoms with Gasteiger partial charge in [-0.15, -0.1) is 0 Å². The van der Waals surface area contributed by atoms with Crippen LogP contribution in [0.15, 0.2) is 24.3 Å². The molecule has 1 aliphatic carbocycles. The quantitative estimate of drug-likeness (QED) is 0.443. The highest BCUT2D eigenvalue weighted by Gasteiger charge is 2.95. The third-order valence-corrected chi connectivity index (χ3v) is 6.10. The first-order valence-electron chi connectivity index (χ1n) is 9.28. The van der Waals surface area contributed by atoms with Crippen molar-refractivity contribution in [1.29, 1.82) is 0 Å². The average molecular weight is 358 g/mol. The van der Waals surface area contributed by atoms with Crippen molar-refractivity contribution in [1.82, 2.24) is 0 Å². The molecule has 1 aromatic rings. The molecule has 3 unspecified atom stereocenters. The molecule has 0 radical (unpaired) electrons. The van der Waals surface area contributed by atoms with Crippen LogP contribution in [0.2, 0.25) is 0 Å². The zero-order valence-corrected chi connectivity index (χ0v) is 16.0. The van der Waals surface area contributed by atoms with Crippen molar-refractivity contribution in [2.75, 3.05) is 6.61 Å². The predicted molar refractivity (Wildman–Crippen MR) is 95.6 cm³/mol. The molecule has 1 saturated heterocycles. The summed E-state index contributed by atoms with van der Waals surface area (Å²) in [7, 11) is 0. The Morgan fingerprint density at radius 1 is 1.12 bits per heavy atom. The molecular weight excluding hydrogens is 332 g/mol. The molecule has 3 atom stereocenters. The van der Waals surface area contributed by atoms with Crippen LogP contribution in [0, 0.1) is 16.7 Å². The van der Waals surface area contributed by atoms with Gasteiger partial charge in [-0.1, -0.05) is 38.1 Å². The van der Waals surface area contributed by atoms with Crippen LogP contribution in [0.5, 0.6) is 0 Å². The second-order valence-corrected chi connectivity index (χ2v) is 7.66. The number of Topliss-reactive ketones (excluding diaryl/α,β-unsaturated/α-hetero) is 1. The number of aryl methyl sites for hydroxylation is 1. The van der Waals surface area contributed by atoms with E-state index in [1.807, 2.05) is 26.0 Å². The maximum Gasteiger partial charge on any atom is 0.325 e. The molecule has 1 heterocycles. The molecule has 0 spiro atoms. The topological polar surface area (TPSA) is 69.7 Å². The number of esters is 2. The number of fused-ring (bicyclic) bond motifs is 1. The molecule has 0 aromatic heterocycles. The van der Waals surface area contributed by atoms with Crippen LogP contribution < -0.4 is 0 Å². The Kier molecular flexibility index (Phi) is 4.25. The van der Waals surface area contributed by atoms with Gasteiger partial charge in [0.25, 0.3) is 0 Å². The Hall–Kier alpha value is -2.17. The molecular formula is C21H26O5. The minimum Gasteiger partial charge on any atom is -0.465 e. The smallest absolute Gasteiger partial charge is 0.325 e. The summed E-state index contributed by atoms with van der Waals surface area (Å²) >= 11 is 0. The first-order chi connectivity index (χ1) is 12.2. The van der Waals surface area contributed by atoms with Gasteiger partial charge in [-0.25, -0.2) is 0 Å². The number of rotatable bonds is 6. The lowest BCUT2D eigenvalue weighted by Gasteiger charge is -2.28. The summed E-state index contributed by atoms with van der Waals surface area (Å²) in [4.78, 5) is 39.2. The van der Waals surface area contributed by atoms with Gasteiger partial charge in [0.05, 0.1) is 12.0 Å². The van der Waals surface area contributed by atoms with E-state index in [0.29, 0.717) is 12.0 Å². The molecule has 1 aliphatic heterocycles. The number of carbonyl (C=O) groups excluding carboxylic acids is 3. The van der Waals surface area contributed by atoms with E-state index in [0.717, 1.165) is 12.0 Å². The number of carbonyl (C=O) groups is 3. The summed E-state index contributed by atoms with van der Waals surface area (Å²) in [6, 6.07) is 7.39. The fourth-order valence-electron chi connectivity index (χ4n) is 5.06. The Balaban J connectivity index is 2.11. The molecule has 5 nitrogen and oxygen atoms in total. The number of cyclic esters (lactones) is 1. The number of ether oxygens (including phenoxy) is 2. The summed E-state index contributed by atoms with van der Waals surface area (Å²) in [6.07, 6.45) is 1.26. The highest BCUT2D eigenvalue weighted by Crippen LogP contribution is 2.80. The second kappa shape index (κ2) is 5.93. The summed E-state index contributed by atoms with van der Waals surface area (Å²) in [6.45, 7) is 9.27. The van der Waals surface area contributed by atoms with Gasteiger partial charge in [0.15, 0.2) is 11.2 Å². The SMILES string of the molecule is CCOC(=O)C12C(=O)OC(C)(C)C1C2(CC)C(=O)c1ccc(CC)cc1. The van der Waals surface area contributed by atoms with Crippen molar-refractivity contribution in [3.63, 3.8) is 0 Å². The number of hydrogen-bond donors (Lipinski definition) is 0. The summed E-state index contributed by atoms with van der Waals surface area (Å²) in [5.41, 5.74) is -1.87. The van der Waals surface area contributed by atoms with Gasteiger partial charge in [-0.2, -0.15) is 0 Å². The normalized spacial score (nSPS) is 31.1. The van der Waals surface area contributed by atoms with Crippen LogP contribution in [0.4, 0.5) is 0 Å². The zero-order chi connectivity index (χ0) is 19.3. The number of hydrogen-bond acceptors (Lipinski definition) is 5. The lowest BCUT2D eigenvalue weighted by molar-refractivity contribution is -0.166. The molecule has 3 rings (SSSR count). The van der Waals surface area contributed by atoms with E-state index in [1.165, 1.54) is 0 Å². The Morgan fingerprint density at radius 3 is 2.23 bits per heavy atom. The van der Waals surface area contributed by atoms with Gasteiger partial charge in [0.2, 0.25) is 0 Å². The van der Waals surface area contributed by atoms with Gasteiger partial charge in [0, 0.05) is 11.5 Å². The van der Waals surface area contributed by atoms with E-state index in [-0.39, 0.29) is 12.4 Å². The minimum atomic E-state index is -1.53. The van der Waals surface area contributed by atoms with Crippen LogP contribution in [-0.4, -0.2) is 29.9 Å². The first kappa shape index (κ1) is 18.6. The minimum absolute atomic E-state index is 0.153. The van der Waals surface area contributed by atoms with Gasteiger partial charge in [0.1, 0.15) is 5.60 Å². The van der Waals surface area contributed by atoms with E-state index < -0.39 is 34.3 Å². The van der Waals surface area contributed by atoms with E-state index in [4.69, 9.17) is 9.47 Å². The van der Waals surface area contributed by atoms with E-state index >= 15 is 0 Å². The average Bonchev–Trinajstić information content (AvgIpc) is 3.21. The van der Waals surface area contributed by atoms with Gasteiger partial charge >= 0.3 is 11.9 Å². The van der Waals surface area contributed by atoms with Crippen molar-refractivity contribution in [3.05, 3.63) is 35.4 Å². The molecule has 140 valence electrons. The highest BCUT2D eigenvalue weighted by molar-refractivity contribution is 6.19. The highest BCUT2D eigenvalue weighted by atomic mass is 16.6. The van der Waals surface area contributed by atoms with Crippen LogP contribution in [-0.2, 0) is 25.5 Å². The summed E-state index contributed by atoms with van der Waals surface area (Å²) in [5, 5.41) is 0. The monoisotopic (exact) mass is 358 g/mol. The molecule has 2 fully saturated rings. The molecule has 5 heteroatoms. The van der Waals surface area contributed by atoms with Gasteiger partial charge < -0.3 is 9.47 Å². The maximum atomic E-state index is 13.5. The van der Waals surface area contributed by atoms with Crippen molar-refractivity contribution in [2.24, 2.45) is 16.7 Å².